The summed E-state index contributed by atoms with van der Waals surface area (Å²) in [5, 5.41) is 7.58. The van der Waals surface area contributed by atoms with Gasteiger partial charge in [-0.25, -0.2) is 0 Å². The van der Waals surface area contributed by atoms with Crippen LogP contribution in [-0.4, -0.2) is 12.2 Å². The van der Waals surface area contributed by atoms with Crippen LogP contribution in [0.4, 0.5) is 24.5 Å². The molecule has 4 aromatic rings. The van der Waals surface area contributed by atoms with E-state index < -0.39 is 11.7 Å². The molecule has 2 N–H and O–H groups in total. The van der Waals surface area contributed by atoms with Gasteiger partial charge in [0, 0.05) is 16.8 Å². The number of ether oxygens (including phenoxy) is 1. The van der Waals surface area contributed by atoms with E-state index in [0.717, 1.165) is 34.6 Å². The number of fused-ring (bicyclic) bond motifs is 3. The van der Waals surface area contributed by atoms with Gasteiger partial charge in [-0.1, -0.05) is 29.8 Å². The number of thiocarbonyl (C=S) groups is 1. The number of benzene rings is 3. The summed E-state index contributed by atoms with van der Waals surface area (Å²) in [5.41, 5.74) is 1.03. The van der Waals surface area contributed by atoms with Crippen LogP contribution >= 0.6 is 23.8 Å². The number of hydrogen-bond donors (Lipinski definition) is 2. The lowest BCUT2D eigenvalue weighted by Crippen LogP contribution is -2.20. The minimum absolute atomic E-state index is 0.0350. The second kappa shape index (κ2) is 7.70. The summed E-state index contributed by atoms with van der Waals surface area (Å²) in [6.07, 6.45) is -4.49. The molecule has 0 saturated heterocycles. The van der Waals surface area contributed by atoms with Gasteiger partial charge in [0.2, 0.25) is 0 Å². The van der Waals surface area contributed by atoms with Crippen molar-refractivity contribution >= 4 is 62.2 Å². The highest BCUT2D eigenvalue weighted by Gasteiger charge is 2.31. The van der Waals surface area contributed by atoms with Crippen molar-refractivity contribution in [2.75, 3.05) is 17.7 Å². The normalized spacial score (nSPS) is 11.6. The topological polar surface area (TPSA) is 46.4 Å². The van der Waals surface area contributed by atoms with E-state index in [1.807, 2.05) is 30.3 Å². The molecule has 4 nitrogen and oxygen atoms in total. The average molecular weight is 451 g/mol. The number of rotatable bonds is 3. The zero-order valence-electron chi connectivity index (χ0n) is 15.4. The fraction of sp³-hybridized carbons (Fsp3) is 0.0952. The first-order chi connectivity index (χ1) is 14.3. The number of hydrogen-bond acceptors (Lipinski definition) is 3. The highest BCUT2D eigenvalue weighted by atomic mass is 35.5. The van der Waals surface area contributed by atoms with Gasteiger partial charge in [-0.3, -0.25) is 0 Å². The summed E-state index contributed by atoms with van der Waals surface area (Å²) in [4.78, 5) is 0. The van der Waals surface area contributed by atoms with Crippen LogP contribution in [0.3, 0.4) is 0 Å². The van der Waals surface area contributed by atoms with E-state index >= 15 is 0 Å². The summed E-state index contributed by atoms with van der Waals surface area (Å²) < 4.78 is 50.2. The highest BCUT2D eigenvalue weighted by molar-refractivity contribution is 7.80. The van der Waals surface area contributed by atoms with Crippen LogP contribution in [0.2, 0.25) is 5.02 Å². The summed E-state index contributed by atoms with van der Waals surface area (Å²) in [6, 6.07) is 14.1. The quantitative estimate of drug-likeness (QED) is 0.327. The summed E-state index contributed by atoms with van der Waals surface area (Å²) in [5.74, 6) is 0.494. The summed E-state index contributed by atoms with van der Waals surface area (Å²) in [7, 11) is 1.51. The molecule has 0 amide bonds. The Bertz CT molecular complexity index is 1270. The Morgan fingerprint density at radius 1 is 0.967 bits per heavy atom. The fourth-order valence-corrected chi connectivity index (χ4v) is 3.48. The van der Waals surface area contributed by atoms with Crippen molar-refractivity contribution in [1.29, 1.82) is 0 Å². The van der Waals surface area contributed by atoms with Crippen molar-refractivity contribution in [2.24, 2.45) is 0 Å². The van der Waals surface area contributed by atoms with Crippen molar-refractivity contribution in [2.45, 2.75) is 6.18 Å². The molecule has 0 unspecified atom stereocenters. The molecule has 154 valence electrons. The van der Waals surface area contributed by atoms with Gasteiger partial charge in [0.25, 0.3) is 0 Å². The molecule has 0 aliphatic heterocycles. The van der Waals surface area contributed by atoms with Crippen LogP contribution < -0.4 is 15.4 Å². The van der Waals surface area contributed by atoms with Gasteiger partial charge in [-0.15, -0.1) is 0 Å². The monoisotopic (exact) mass is 450 g/mol. The third-order valence-corrected chi connectivity index (χ3v) is 5.02. The number of halogens is 4. The second-order valence-corrected chi connectivity index (χ2v) is 7.23. The van der Waals surface area contributed by atoms with Crippen molar-refractivity contribution in [1.82, 2.24) is 0 Å². The zero-order chi connectivity index (χ0) is 21.5. The van der Waals surface area contributed by atoms with Crippen LogP contribution in [0, 0.1) is 0 Å². The van der Waals surface area contributed by atoms with E-state index in [4.69, 9.17) is 33.0 Å². The molecule has 0 aliphatic rings. The first-order valence-corrected chi connectivity index (χ1v) is 9.49. The van der Waals surface area contributed by atoms with Gasteiger partial charge >= 0.3 is 6.18 Å². The molecule has 0 atom stereocenters. The van der Waals surface area contributed by atoms with Gasteiger partial charge in [-0.05, 0) is 42.5 Å². The van der Waals surface area contributed by atoms with Crippen LogP contribution in [0.15, 0.2) is 59.0 Å². The van der Waals surface area contributed by atoms with E-state index in [1.165, 1.54) is 7.11 Å². The van der Waals surface area contributed by atoms with E-state index in [0.29, 0.717) is 17.0 Å². The lowest BCUT2D eigenvalue weighted by molar-refractivity contribution is -0.137. The molecule has 1 aromatic heterocycles. The summed E-state index contributed by atoms with van der Waals surface area (Å²) in [6.45, 7) is 0. The molecule has 4 rings (SSSR count). The van der Waals surface area contributed by atoms with Gasteiger partial charge in [0.05, 0.1) is 29.1 Å². The average Bonchev–Trinajstić information content (AvgIpc) is 3.05. The smallest absolute Gasteiger partial charge is 0.416 e. The number of alkyl halides is 3. The number of furan rings is 1. The van der Waals surface area contributed by atoms with Crippen molar-refractivity contribution in [3.05, 3.63) is 65.2 Å². The number of nitrogens with one attached hydrogen (secondary N) is 2. The predicted octanol–water partition coefficient (Wildman–Crippen LogP) is 7.08. The van der Waals surface area contributed by atoms with Gasteiger partial charge in [0.1, 0.15) is 16.9 Å². The first-order valence-electron chi connectivity index (χ1n) is 8.70. The van der Waals surface area contributed by atoms with Crippen LogP contribution in [-0.2, 0) is 6.18 Å². The molecule has 0 bridgehead atoms. The van der Waals surface area contributed by atoms with Crippen molar-refractivity contribution in [3.63, 3.8) is 0 Å². The van der Waals surface area contributed by atoms with Crippen molar-refractivity contribution in [3.8, 4) is 5.75 Å². The van der Waals surface area contributed by atoms with Crippen LogP contribution in [0.25, 0.3) is 21.9 Å². The Hall–Kier alpha value is -2.97. The fourth-order valence-electron chi connectivity index (χ4n) is 3.09. The number of methoxy groups -OCH3 is 1. The van der Waals surface area contributed by atoms with Gasteiger partial charge in [-0.2, -0.15) is 13.2 Å². The maximum absolute atomic E-state index is 13.0. The Kier molecular flexibility index (Phi) is 5.21. The first kappa shape index (κ1) is 20.3. The standard InChI is InChI=1S/C21H14ClF3N2O2S/c1-28-19-9-13-12-4-2-3-5-17(12)29-18(13)10-16(19)27-20(30)26-15-8-11(21(23,24)25)6-7-14(15)22/h2-10H,1H3,(H2,26,27,30). The minimum Gasteiger partial charge on any atom is -0.495 e. The van der Waals surface area contributed by atoms with Crippen molar-refractivity contribution < 1.29 is 22.3 Å². The lowest BCUT2D eigenvalue weighted by Gasteiger charge is -2.15. The van der Waals surface area contributed by atoms with Gasteiger partial charge < -0.3 is 19.8 Å². The Morgan fingerprint density at radius 2 is 1.70 bits per heavy atom. The molecule has 0 aliphatic carbocycles. The molecular formula is C21H14ClF3N2O2S. The molecule has 0 fully saturated rings. The number of anilines is 2. The van der Waals surface area contributed by atoms with E-state index in [9.17, 15) is 13.2 Å². The minimum atomic E-state index is -4.49. The maximum atomic E-state index is 13.0. The Balaban J connectivity index is 1.64. The largest absolute Gasteiger partial charge is 0.495 e. The van der Waals surface area contributed by atoms with Gasteiger partial charge in [0.15, 0.2) is 5.11 Å². The van der Waals surface area contributed by atoms with Crippen LogP contribution in [0.1, 0.15) is 5.56 Å². The van der Waals surface area contributed by atoms with E-state index in [1.54, 1.807) is 6.07 Å². The lowest BCUT2D eigenvalue weighted by atomic mass is 10.1. The van der Waals surface area contributed by atoms with Crippen LogP contribution in [0.5, 0.6) is 5.75 Å². The summed E-state index contributed by atoms with van der Waals surface area (Å²) >= 11 is 11.3. The molecule has 0 spiro atoms. The maximum Gasteiger partial charge on any atom is 0.416 e. The Labute approximate surface area is 179 Å². The highest BCUT2D eigenvalue weighted by Crippen LogP contribution is 2.37. The second-order valence-electron chi connectivity index (χ2n) is 6.42. The molecule has 0 saturated carbocycles. The Morgan fingerprint density at radius 3 is 2.43 bits per heavy atom. The molecule has 30 heavy (non-hydrogen) atoms. The molecular weight excluding hydrogens is 437 g/mol. The predicted molar refractivity (Wildman–Crippen MR) is 117 cm³/mol. The van der Waals surface area contributed by atoms with E-state index in [-0.39, 0.29) is 15.8 Å². The molecule has 3 aromatic carbocycles. The number of para-hydroxylation sites is 1. The third-order valence-electron chi connectivity index (χ3n) is 4.49. The molecule has 9 heteroatoms. The third kappa shape index (κ3) is 3.88. The molecule has 0 radical (unpaired) electrons. The molecule has 1 heterocycles. The zero-order valence-corrected chi connectivity index (χ0v) is 17.0. The SMILES string of the molecule is COc1cc2c(cc1NC(=S)Nc1cc(C(F)(F)F)ccc1Cl)oc1ccccc12. The van der Waals surface area contributed by atoms with E-state index in [2.05, 4.69) is 10.6 Å².